The molecule has 0 aromatic heterocycles. The van der Waals surface area contributed by atoms with Gasteiger partial charge in [-0.25, -0.2) is 4.39 Å². The zero-order valence-electron chi connectivity index (χ0n) is 10.8. The van der Waals surface area contributed by atoms with Gasteiger partial charge < -0.3 is 0 Å². The van der Waals surface area contributed by atoms with Crippen LogP contribution in [0.3, 0.4) is 0 Å². The third-order valence-corrected chi connectivity index (χ3v) is 4.90. The topological polar surface area (TPSA) is 38.0 Å². The first-order valence-corrected chi connectivity index (χ1v) is 6.92. The van der Waals surface area contributed by atoms with Crippen LogP contribution in [0.5, 0.6) is 0 Å². The Bertz CT molecular complexity index is 436. The van der Waals surface area contributed by atoms with Crippen molar-refractivity contribution in [2.24, 2.45) is 23.6 Å². The van der Waals surface area contributed by atoms with E-state index in [4.69, 9.17) is 5.84 Å². The lowest BCUT2D eigenvalue weighted by atomic mass is 9.95. The average Bonchev–Trinajstić information content (AvgIpc) is 2.83. The fourth-order valence-corrected chi connectivity index (χ4v) is 3.88. The fourth-order valence-electron chi connectivity index (χ4n) is 3.88. The Morgan fingerprint density at radius 2 is 2.11 bits per heavy atom. The third-order valence-electron chi connectivity index (χ3n) is 4.90. The van der Waals surface area contributed by atoms with Crippen molar-refractivity contribution in [1.29, 1.82) is 0 Å². The van der Waals surface area contributed by atoms with Crippen molar-refractivity contribution in [2.75, 3.05) is 0 Å². The molecule has 0 amide bonds. The maximum absolute atomic E-state index is 13.3. The molecule has 2 aliphatic carbocycles. The molecule has 3 unspecified atom stereocenters. The van der Waals surface area contributed by atoms with E-state index in [0.29, 0.717) is 12.0 Å². The molecule has 0 saturated heterocycles. The van der Waals surface area contributed by atoms with Crippen molar-refractivity contribution in [1.82, 2.24) is 5.43 Å². The molecule has 18 heavy (non-hydrogen) atoms. The molecule has 2 fully saturated rings. The van der Waals surface area contributed by atoms with E-state index < -0.39 is 0 Å². The fraction of sp³-hybridized carbons (Fsp3) is 0.600. The van der Waals surface area contributed by atoms with E-state index >= 15 is 0 Å². The molecule has 1 aromatic carbocycles. The van der Waals surface area contributed by atoms with Crippen LogP contribution in [-0.2, 0) is 6.42 Å². The number of nitrogens with two attached hydrogens (primary N) is 1. The number of hydrogen-bond donors (Lipinski definition) is 2. The van der Waals surface area contributed by atoms with Gasteiger partial charge in [-0.1, -0.05) is 12.5 Å². The lowest BCUT2D eigenvalue weighted by Crippen LogP contribution is -2.39. The molecule has 98 valence electrons. The molecular formula is C15H21FN2. The van der Waals surface area contributed by atoms with Gasteiger partial charge in [0.05, 0.1) is 0 Å². The summed E-state index contributed by atoms with van der Waals surface area (Å²) < 4.78 is 13.3. The molecule has 3 N–H and O–H groups in total. The molecule has 0 heterocycles. The van der Waals surface area contributed by atoms with Gasteiger partial charge in [0, 0.05) is 6.04 Å². The highest BCUT2D eigenvalue weighted by Gasteiger charge is 2.55. The molecule has 0 aliphatic heterocycles. The van der Waals surface area contributed by atoms with E-state index in [1.54, 1.807) is 6.07 Å². The SMILES string of the molecule is Cc1ccc(F)cc1CC(NN)C1C2CCCC21. The lowest BCUT2D eigenvalue weighted by molar-refractivity contribution is 0.409. The predicted molar refractivity (Wildman–Crippen MR) is 70.3 cm³/mol. The molecule has 2 saturated carbocycles. The van der Waals surface area contributed by atoms with E-state index in [2.05, 4.69) is 5.43 Å². The molecular weight excluding hydrogens is 227 g/mol. The minimum Gasteiger partial charge on any atom is -0.271 e. The maximum atomic E-state index is 13.3. The van der Waals surface area contributed by atoms with Crippen LogP contribution in [0, 0.1) is 30.5 Å². The summed E-state index contributed by atoms with van der Waals surface area (Å²) in [4.78, 5) is 0. The average molecular weight is 248 g/mol. The van der Waals surface area contributed by atoms with Gasteiger partial charge in [0.2, 0.25) is 0 Å². The van der Waals surface area contributed by atoms with Gasteiger partial charge in [0.15, 0.2) is 0 Å². The van der Waals surface area contributed by atoms with Crippen molar-refractivity contribution in [3.05, 3.63) is 35.1 Å². The number of benzene rings is 1. The number of aryl methyl sites for hydroxylation is 1. The van der Waals surface area contributed by atoms with E-state index in [1.165, 1.54) is 25.3 Å². The Balaban J connectivity index is 1.72. The molecule has 1 aromatic rings. The van der Waals surface area contributed by atoms with Crippen molar-refractivity contribution >= 4 is 0 Å². The van der Waals surface area contributed by atoms with Crippen LogP contribution in [0.4, 0.5) is 4.39 Å². The second-order valence-corrected chi connectivity index (χ2v) is 5.88. The van der Waals surface area contributed by atoms with Crippen LogP contribution in [-0.4, -0.2) is 6.04 Å². The first-order chi connectivity index (χ1) is 8.70. The number of hydrazine groups is 1. The summed E-state index contributed by atoms with van der Waals surface area (Å²) in [6.45, 7) is 2.04. The molecule has 0 bridgehead atoms. The zero-order chi connectivity index (χ0) is 12.7. The van der Waals surface area contributed by atoms with Crippen molar-refractivity contribution in [3.8, 4) is 0 Å². The summed E-state index contributed by atoms with van der Waals surface area (Å²) in [5, 5.41) is 0. The second-order valence-electron chi connectivity index (χ2n) is 5.88. The highest BCUT2D eigenvalue weighted by Crippen LogP contribution is 2.59. The Hall–Kier alpha value is -0.930. The van der Waals surface area contributed by atoms with Crippen LogP contribution in [0.25, 0.3) is 0 Å². The minimum atomic E-state index is -0.151. The Morgan fingerprint density at radius 3 is 2.78 bits per heavy atom. The van der Waals surface area contributed by atoms with E-state index in [1.807, 2.05) is 13.0 Å². The smallest absolute Gasteiger partial charge is 0.123 e. The number of nitrogens with one attached hydrogen (secondary N) is 1. The maximum Gasteiger partial charge on any atom is 0.123 e. The number of hydrogen-bond acceptors (Lipinski definition) is 2. The van der Waals surface area contributed by atoms with Gasteiger partial charge in [0.1, 0.15) is 5.82 Å². The summed E-state index contributed by atoms with van der Waals surface area (Å²) in [5.74, 6) is 8.02. The molecule has 2 nitrogen and oxygen atoms in total. The molecule has 3 heteroatoms. The van der Waals surface area contributed by atoms with Gasteiger partial charge in [0.25, 0.3) is 0 Å². The first-order valence-electron chi connectivity index (χ1n) is 6.92. The lowest BCUT2D eigenvalue weighted by Gasteiger charge is -2.19. The summed E-state index contributed by atoms with van der Waals surface area (Å²) in [5.41, 5.74) is 5.21. The Morgan fingerprint density at radius 1 is 1.39 bits per heavy atom. The molecule has 2 aliphatic rings. The molecule has 3 atom stereocenters. The quantitative estimate of drug-likeness (QED) is 0.635. The number of fused-ring (bicyclic) bond motifs is 1. The van der Waals surface area contributed by atoms with E-state index in [-0.39, 0.29) is 5.82 Å². The summed E-state index contributed by atoms with van der Waals surface area (Å²) >= 11 is 0. The van der Waals surface area contributed by atoms with E-state index in [9.17, 15) is 4.39 Å². The highest BCUT2D eigenvalue weighted by molar-refractivity contribution is 5.28. The molecule has 0 radical (unpaired) electrons. The summed E-state index contributed by atoms with van der Waals surface area (Å²) in [7, 11) is 0. The van der Waals surface area contributed by atoms with Gasteiger partial charge >= 0.3 is 0 Å². The molecule has 3 rings (SSSR count). The van der Waals surface area contributed by atoms with Crippen molar-refractivity contribution in [2.45, 2.75) is 38.6 Å². The van der Waals surface area contributed by atoms with Crippen molar-refractivity contribution < 1.29 is 4.39 Å². The van der Waals surface area contributed by atoms with Gasteiger partial charge in [-0.15, -0.1) is 0 Å². The third kappa shape index (κ3) is 2.06. The van der Waals surface area contributed by atoms with Crippen molar-refractivity contribution in [3.63, 3.8) is 0 Å². The normalized spacial score (nSPS) is 31.2. The summed E-state index contributed by atoms with van der Waals surface area (Å²) in [6.07, 6.45) is 4.94. The van der Waals surface area contributed by atoms with Gasteiger partial charge in [-0.2, -0.15) is 0 Å². The first kappa shape index (κ1) is 12.1. The minimum absolute atomic E-state index is 0.151. The predicted octanol–water partition coefficient (Wildman–Crippen LogP) is 2.55. The van der Waals surface area contributed by atoms with Crippen LogP contribution in [0.15, 0.2) is 18.2 Å². The highest BCUT2D eigenvalue weighted by atomic mass is 19.1. The number of rotatable bonds is 4. The van der Waals surface area contributed by atoms with Crippen LogP contribution >= 0.6 is 0 Å². The number of halogens is 1. The monoisotopic (exact) mass is 248 g/mol. The van der Waals surface area contributed by atoms with Gasteiger partial charge in [-0.05, 0) is 67.2 Å². The second kappa shape index (κ2) is 4.63. The van der Waals surface area contributed by atoms with Gasteiger partial charge in [-0.3, -0.25) is 11.3 Å². The van der Waals surface area contributed by atoms with Crippen LogP contribution in [0.2, 0.25) is 0 Å². The standard InChI is InChI=1S/C15H21FN2/c1-9-5-6-11(16)7-10(9)8-14(18-17)15-12-3-2-4-13(12)15/h5-7,12-15,18H,2-4,8,17H2,1H3. The summed E-state index contributed by atoms with van der Waals surface area (Å²) in [6, 6.07) is 5.33. The Kier molecular flexibility index (Phi) is 3.12. The van der Waals surface area contributed by atoms with Crippen LogP contribution in [0.1, 0.15) is 30.4 Å². The van der Waals surface area contributed by atoms with Crippen LogP contribution < -0.4 is 11.3 Å². The Labute approximate surface area is 108 Å². The molecule has 0 spiro atoms. The zero-order valence-corrected chi connectivity index (χ0v) is 10.8. The largest absolute Gasteiger partial charge is 0.271 e. The van der Waals surface area contributed by atoms with E-state index in [0.717, 1.165) is 29.4 Å².